The van der Waals surface area contributed by atoms with Gasteiger partial charge in [-0.25, -0.2) is 0 Å². The molecule has 50 valence electrons. The van der Waals surface area contributed by atoms with Gasteiger partial charge in [0.05, 0.1) is 0 Å². The Morgan fingerprint density at radius 1 is 1.70 bits per heavy atom. The molecule has 0 aliphatic rings. The first-order valence-electron chi connectivity index (χ1n) is 2.56. The van der Waals surface area contributed by atoms with Crippen LogP contribution in [0.1, 0.15) is 5.56 Å². The second-order valence-electron chi connectivity index (χ2n) is 1.68. The lowest BCUT2D eigenvalue weighted by molar-refractivity contribution is 1.14. The maximum Gasteiger partial charge on any atom is 0.278 e. The Bertz CT molecular complexity index is 336. The first kappa shape index (κ1) is 6.90. The van der Waals surface area contributed by atoms with E-state index in [0.29, 0.717) is 0 Å². The number of thiol groups is 1. The molecule has 3 nitrogen and oxygen atoms in total. The summed E-state index contributed by atoms with van der Waals surface area (Å²) in [5.74, 6) is 0. The summed E-state index contributed by atoms with van der Waals surface area (Å²) in [4.78, 5) is 10.9. The fourth-order valence-corrected chi connectivity index (χ4v) is 0.753. The first-order chi connectivity index (χ1) is 4.75. The molecule has 0 fully saturated rings. The van der Waals surface area contributed by atoms with Crippen molar-refractivity contribution in [3.05, 3.63) is 34.2 Å². The van der Waals surface area contributed by atoms with Gasteiger partial charge in [-0.2, -0.15) is 5.26 Å². The van der Waals surface area contributed by atoms with Gasteiger partial charge in [0.1, 0.15) is 11.6 Å². The van der Waals surface area contributed by atoms with Crippen LogP contribution >= 0.6 is 12.8 Å². The second-order valence-corrected chi connectivity index (χ2v) is 2.11. The minimum atomic E-state index is -0.381. The third kappa shape index (κ3) is 1.04. The summed E-state index contributed by atoms with van der Waals surface area (Å²) in [5, 5.41) is 8.35. The van der Waals surface area contributed by atoms with Gasteiger partial charge in [0.25, 0.3) is 5.56 Å². The Labute approximate surface area is 63.1 Å². The molecular weight excluding hydrogens is 148 g/mol. The molecule has 10 heavy (non-hydrogen) atoms. The van der Waals surface area contributed by atoms with Crippen LogP contribution in [0.3, 0.4) is 0 Å². The third-order valence-corrected chi connectivity index (χ3v) is 1.36. The highest BCUT2D eigenvalue weighted by Crippen LogP contribution is 1.89. The first-order valence-corrected chi connectivity index (χ1v) is 2.96. The van der Waals surface area contributed by atoms with E-state index in [1.165, 1.54) is 12.3 Å². The molecule has 0 radical (unpaired) electrons. The highest BCUT2D eigenvalue weighted by molar-refractivity contribution is 7.78. The molecule has 0 N–H and O–H groups in total. The SMILES string of the molecule is N#Cc1cccn(S)c1=O. The van der Waals surface area contributed by atoms with Crippen LogP contribution in [-0.2, 0) is 0 Å². The van der Waals surface area contributed by atoms with E-state index >= 15 is 0 Å². The number of nitrogens with zero attached hydrogens (tertiary/aromatic N) is 2. The molecule has 1 rings (SSSR count). The van der Waals surface area contributed by atoms with Crippen molar-refractivity contribution in [2.75, 3.05) is 0 Å². The normalized spacial score (nSPS) is 8.80. The molecule has 4 heteroatoms. The predicted molar refractivity (Wildman–Crippen MR) is 39.8 cm³/mol. The van der Waals surface area contributed by atoms with E-state index in [9.17, 15) is 4.79 Å². The van der Waals surface area contributed by atoms with Gasteiger partial charge >= 0.3 is 0 Å². The van der Waals surface area contributed by atoms with Crippen molar-refractivity contribution in [3.63, 3.8) is 0 Å². The van der Waals surface area contributed by atoms with Crippen LogP contribution in [0.15, 0.2) is 23.1 Å². The van der Waals surface area contributed by atoms with E-state index in [1.807, 2.05) is 0 Å². The van der Waals surface area contributed by atoms with Crippen LogP contribution in [-0.4, -0.2) is 3.97 Å². The van der Waals surface area contributed by atoms with Gasteiger partial charge in [-0.3, -0.25) is 8.77 Å². The molecule has 0 atom stereocenters. The van der Waals surface area contributed by atoms with Gasteiger partial charge in [0.2, 0.25) is 0 Å². The van der Waals surface area contributed by atoms with Gasteiger partial charge in [-0.05, 0) is 12.1 Å². The molecule has 0 saturated carbocycles. The van der Waals surface area contributed by atoms with E-state index in [-0.39, 0.29) is 11.1 Å². The summed E-state index contributed by atoms with van der Waals surface area (Å²) in [7, 11) is 0. The molecule has 1 heterocycles. The zero-order chi connectivity index (χ0) is 7.56. The average Bonchev–Trinajstić information content (AvgIpc) is 1.95. The maximum atomic E-state index is 10.9. The predicted octanol–water partition coefficient (Wildman–Crippen LogP) is 0.413. The van der Waals surface area contributed by atoms with Crippen molar-refractivity contribution in [2.45, 2.75) is 0 Å². The highest BCUT2D eigenvalue weighted by atomic mass is 32.1. The Morgan fingerprint density at radius 2 is 2.40 bits per heavy atom. The average molecular weight is 152 g/mol. The van der Waals surface area contributed by atoms with E-state index in [2.05, 4.69) is 12.8 Å². The number of aromatic nitrogens is 1. The summed E-state index contributed by atoms with van der Waals surface area (Å²) < 4.78 is 1.07. The van der Waals surface area contributed by atoms with Gasteiger partial charge < -0.3 is 0 Å². The zero-order valence-electron chi connectivity index (χ0n) is 4.98. The van der Waals surface area contributed by atoms with Crippen molar-refractivity contribution < 1.29 is 0 Å². The van der Waals surface area contributed by atoms with Gasteiger partial charge in [0.15, 0.2) is 0 Å². The van der Waals surface area contributed by atoms with Crippen LogP contribution in [0.25, 0.3) is 0 Å². The van der Waals surface area contributed by atoms with Crippen molar-refractivity contribution in [1.29, 1.82) is 5.26 Å². The monoisotopic (exact) mass is 152 g/mol. The molecule has 0 aliphatic heterocycles. The van der Waals surface area contributed by atoms with Crippen LogP contribution in [0.2, 0.25) is 0 Å². The zero-order valence-corrected chi connectivity index (χ0v) is 5.88. The Hall–Kier alpha value is -1.21. The maximum absolute atomic E-state index is 10.9. The Morgan fingerprint density at radius 3 is 2.90 bits per heavy atom. The summed E-state index contributed by atoms with van der Waals surface area (Å²) in [5.41, 5.74) is -0.272. The van der Waals surface area contributed by atoms with E-state index in [1.54, 1.807) is 12.1 Å². The lowest BCUT2D eigenvalue weighted by Crippen LogP contribution is -2.14. The smallest absolute Gasteiger partial charge is 0.267 e. The lowest BCUT2D eigenvalue weighted by Gasteiger charge is -1.91. The summed E-state index contributed by atoms with van der Waals surface area (Å²) in [6.07, 6.45) is 1.48. The molecule has 0 bridgehead atoms. The molecule has 1 aromatic rings. The number of nitriles is 1. The third-order valence-electron chi connectivity index (χ3n) is 1.05. The van der Waals surface area contributed by atoms with Gasteiger partial charge in [0, 0.05) is 6.20 Å². The van der Waals surface area contributed by atoms with Gasteiger partial charge in [-0.1, -0.05) is 12.8 Å². The summed E-state index contributed by atoms with van der Waals surface area (Å²) >= 11 is 3.77. The fourth-order valence-electron chi connectivity index (χ4n) is 0.568. The second kappa shape index (κ2) is 2.58. The topological polar surface area (TPSA) is 45.8 Å². The minimum absolute atomic E-state index is 0.109. The van der Waals surface area contributed by atoms with Crippen molar-refractivity contribution >= 4 is 12.8 Å². The molecule has 0 unspecified atom stereocenters. The van der Waals surface area contributed by atoms with Crippen LogP contribution in [0.4, 0.5) is 0 Å². The molecular formula is C6H4N2OS. The van der Waals surface area contributed by atoms with Crippen molar-refractivity contribution in [2.24, 2.45) is 0 Å². The van der Waals surface area contributed by atoms with E-state index in [4.69, 9.17) is 5.26 Å². The Kier molecular flexibility index (Phi) is 1.78. The fraction of sp³-hybridized carbons (Fsp3) is 0. The minimum Gasteiger partial charge on any atom is -0.267 e. The van der Waals surface area contributed by atoms with Crippen molar-refractivity contribution in [1.82, 2.24) is 3.97 Å². The van der Waals surface area contributed by atoms with Crippen LogP contribution < -0.4 is 5.56 Å². The molecule has 0 aliphatic carbocycles. The summed E-state index contributed by atoms with van der Waals surface area (Å²) in [6, 6.07) is 4.80. The number of hydrogen-bond acceptors (Lipinski definition) is 3. The number of rotatable bonds is 0. The van der Waals surface area contributed by atoms with Crippen molar-refractivity contribution in [3.8, 4) is 6.07 Å². The lowest BCUT2D eigenvalue weighted by atomic mass is 10.3. The van der Waals surface area contributed by atoms with E-state index in [0.717, 1.165) is 3.97 Å². The van der Waals surface area contributed by atoms with Gasteiger partial charge in [-0.15, -0.1) is 0 Å². The molecule has 0 aromatic carbocycles. The molecule has 0 amide bonds. The Balaban J connectivity index is 3.47. The number of hydrogen-bond donors (Lipinski definition) is 1. The van der Waals surface area contributed by atoms with Crippen LogP contribution in [0.5, 0.6) is 0 Å². The summed E-state index contributed by atoms with van der Waals surface area (Å²) in [6.45, 7) is 0. The van der Waals surface area contributed by atoms with E-state index < -0.39 is 0 Å². The quantitative estimate of drug-likeness (QED) is 0.547. The standard InChI is InChI=1S/C6H4N2OS/c7-4-5-2-1-3-8(10)6(5)9/h1-3,10H. The number of pyridine rings is 1. The largest absolute Gasteiger partial charge is 0.278 e. The molecule has 0 spiro atoms. The highest BCUT2D eigenvalue weighted by Gasteiger charge is 1.96. The van der Waals surface area contributed by atoms with Crippen LogP contribution in [0, 0.1) is 11.3 Å². The molecule has 1 aromatic heterocycles. The molecule has 0 saturated heterocycles.